The molecule has 3 heterocycles. The molecule has 5 rings (SSSR count). The van der Waals surface area contributed by atoms with E-state index in [1.807, 2.05) is 22.7 Å². The Kier molecular flexibility index (Phi) is 4.91. The van der Waals surface area contributed by atoms with Gasteiger partial charge in [-0.2, -0.15) is 5.10 Å². The van der Waals surface area contributed by atoms with Gasteiger partial charge in [0.25, 0.3) is 11.5 Å². The van der Waals surface area contributed by atoms with Gasteiger partial charge in [0.15, 0.2) is 0 Å². The number of carbonyl (C=O) groups excluding carboxylic acids is 1. The smallest absolute Gasteiger partial charge is 0.255 e. The number of ether oxygens (including phenoxy) is 1. The SMILES string of the molecule is COc1cccc(C(=O)Nc2cccc3nn4c(C5CCNCC5)cc(=O)[nH]c4c23)c1. The molecule has 0 radical (unpaired) electrons. The summed E-state index contributed by atoms with van der Waals surface area (Å²) in [7, 11) is 1.56. The molecule has 158 valence electrons. The van der Waals surface area contributed by atoms with Crippen LogP contribution in [0.3, 0.4) is 0 Å². The summed E-state index contributed by atoms with van der Waals surface area (Å²) in [4.78, 5) is 28.3. The van der Waals surface area contributed by atoms with Crippen molar-refractivity contribution in [1.29, 1.82) is 0 Å². The monoisotopic (exact) mass is 417 g/mol. The summed E-state index contributed by atoms with van der Waals surface area (Å²) in [5, 5.41) is 11.8. The van der Waals surface area contributed by atoms with Crippen LogP contribution in [0.1, 0.15) is 34.8 Å². The molecule has 8 nitrogen and oxygen atoms in total. The van der Waals surface area contributed by atoms with E-state index in [4.69, 9.17) is 9.84 Å². The number of aromatic amines is 1. The number of anilines is 1. The van der Waals surface area contributed by atoms with Gasteiger partial charge in [-0.25, -0.2) is 4.52 Å². The Morgan fingerprint density at radius 2 is 1.97 bits per heavy atom. The first-order valence-electron chi connectivity index (χ1n) is 10.3. The topological polar surface area (TPSA) is 101 Å². The van der Waals surface area contributed by atoms with Crippen LogP contribution in [0.15, 0.2) is 53.3 Å². The molecule has 0 atom stereocenters. The minimum absolute atomic E-state index is 0.170. The number of methoxy groups -OCH3 is 1. The molecule has 3 N–H and O–H groups in total. The third-order valence-electron chi connectivity index (χ3n) is 5.80. The van der Waals surface area contributed by atoms with Crippen molar-refractivity contribution >= 4 is 28.1 Å². The zero-order chi connectivity index (χ0) is 21.4. The molecule has 1 fully saturated rings. The third kappa shape index (κ3) is 3.55. The third-order valence-corrected chi connectivity index (χ3v) is 5.80. The van der Waals surface area contributed by atoms with E-state index in [2.05, 4.69) is 15.6 Å². The van der Waals surface area contributed by atoms with Gasteiger partial charge < -0.3 is 20.4 Å². The highest BCUT2D eigenvalue weighted by molar-refractivity contribution is 6.12. The molecule has 0 spiro atoms. The predicted octanol–water partition coefficient (Wildman–Crippen LogP) is 2.90. The fraction of sp³-hybridized carbons (Fsp3) is 0.261. The van der Waals surface area contributed by atoms with E-state index >= 15 is 0 Å². The number of carbonyl (C=O) groups is 1. The van der Waals surface area contributed by atoms with Crippen LogP contribution in [0.5, 0.6) is 5.75 Å². The normalized spacial score (nSPS) is 14.7. The summed E-state index contributed by atoms with van der Waals surface area (Å²) in [5.41, 5.74) is 3.12. The molecule has 0 bridgehead atoms. The van der Waals surface area contributed by atoms with Crippen molar-refractivity contribution in [2.24, 2.45) is 0 Å². The summed E-state index contributed by atoms with van der Waals surface area (Å²) in [5.74, 6) is 0.607. The standard InChI is InChI=1S/C23H23N5O3/c1-31-16-5-2-4-15(12-16)23(30)25-17-6-3-7-18-21(17)22-26-20(29)13-19(28(22)27-18)14-8-10-24-11-9-14/h2-7,12-14,24H,8-11H2,1H3,(H,25,30)(H,26,29). The Balaban J connectivity index is 1.61. The largest absolute Gasteiger partial charge is 0.497 e. The van der Waals surface area contributed by atoms with Crippen LogP contribution in [-0.2, 0) is 0 Å². The van der Waals surface area contributed by atoms with Crippen LogP contribution in [-0.4, -0.2) is 40.7 Å². The minimum Gasteiger partial charge on any atom is -0.497 e. The average molecular weight is 417 g/mol. The summed E-state index contributed by atoms with van der Waals surface area (Å²) in [6.07, 6.45) is 1.91. The van der Waals surface area contributed by atoms with E-state index < -0.39 is 0 Å². The minimum atomic E-state index is -0.261. The molecule has 2 aromatic heterocycles. The fourth-order valence-electron chi connectivity index (χ4n) is 4.26. The second kappa shape index (κ2) is 7.88. The number of nitrogens with one attached hydrogen (secondary N) is 3. The van der Waals surface area contributed by atoms with Gasteiger partial charge in [0.05, 0.1) is 29.4 Å². The molecule has 4 aromatic rings. The van der Waals surface area contributed by atoms with E-state index in [9.17, 15) is 9.59 Å². The number of piperidine rings is 1. The highest BCUT2D eigenvalue weighted by Gasteiger charge is 2.22. The molecule has 8 heteroatoms. The van der Waals surface area contributed by atoms with Crippen molar-refractivity contribution in [1.82, 2.24) is 19.9 Å². The summed E-state index contributed by atoms with van der Waals surface area (Å²) >= 11 is 0. The number of benzene rings is 2. The van der Waals surface area contributed by atoms with Gasteiger partial charge in [0.2, 0.25) is 0 Å². The van der Waals surface area contributed by atoms with Crippen LogP contribution < -0.4 is 20.9 Å². The molecule has 0 saturated carbocycles. The van der Waals surface area contributed by atoms with E-state index in [1.54, 1.807) is 37.4 Å². The number of nitrogens with zero attached hydrogens (tertiary/aromatic N) is 2. The van der Waals surface area contributed by atoms with E-state index in [1.165, 1.54) is 0 Å². The van der Waals surface area contributed by atoms with Crippen LogP contribution in [0.25, 0.3) is 16.6 Å². The molecule has 2 aromatic carbocycles. The quantitative estimate of drug-likeness (QED) is 0.474. The summed E-state index contributed by atoms with van der Waals surface area (Å²) in [6.45, 7) is 1.84. The Labute approximate surface area is 178 Å². The lowest BCUT2D eigenvalue weighted by Gasteiger charge is -2.23. The maximum atomic E-state index is 12.9. The van der Waals surface area contributed by atoms with Crippen molar-refractivity contribution < 1.29 is 9.53 Å². The lowest BCUT2D eigenvalue weighted by molar-refractivity contribution is 0.102. The van der Waals surface area contributed by atoms with Gasteiger partial charge in [-0.1, -0.05) is 12.1 Å². The second-order valence-electron chi connectivity index (χ2n) is 7.73. The average Bonchev–Trinajstić information content (AvgIpc) is 3.18. The van der Waals surface area contributed by atoms with Crippen molar-refractivity contribution in [2.75, 3.05) is 25.5 Å². The molecular formula is C23H23N5O3. The molecule has 0 aliphatic carbocycles. The maximum absolute atomic E-state index is 12.9. The van der Waals surface area contributed by atoms with Gasteiger partial charge in [0, 0.05) is 17.5 Å². The molecule has 1 amide bonds. The second-order valence-corrected chi connectivity index (χ2v) is 7.73. The van der Waals surface area contributed by atoms with Gasteiger partial charge in [-0.05, 0) is 56.3 Å². The highest BCUT2D eigenvalue weighted by Crippen LogP contribution is 2.30. The van der Waals surface area contributed by atoms with Crippen LogP contribution in [0, 0.1) is 0 Å². The van der Waals surface area contributed by atoms with Crippen LogP contribution >= 0.6 is 0 Å². The van der Waals surface area contributed by atoms with Crippen molar-refractivity contribution in [2.45, 2.75) is 18.8 Å². The van der Waals surface area contributed by atoms with Crippen molar-refractivity contribution in [3.8, 4) is 5.75 Å². The number of amides is 1. The molecular weight excluding hydrogens is 394 g/mol. The zero-order valence-corrected chi connectivity index (χ0v) is 17.1. The number of fused-ring (bicyclic) bond motifs is 3. The van der Waals surface area contributed by atoms with Gasteiger partial charge in [0.1, 0.15) is 11.4 Å². The molecule has 31 heavy (non-hydrogen) atoms. The number of hydrogen-bond donors (Lipinski definition) is 3. The highest BCUT2D eigenvalue weighted by atomic mass is 16.5. The number of aromatic nitrogens is 3. The Hall–Kier alpha value is -3.65. The number of rotatable bonds is 4. The Bertz CT molecular complexity index is 1330. The van der Waals surface area contributed by atoms with Crippen LogP contribution in [0.2, 0.25) is 0 Å². The zero-order valence-electron chi connectivity index (χ0n) is 17.1. The number of hydrogen-bond acceptors (Lipinski definition) is 5. The number of H-pyrrole nitrogens is 1. The molecule has 1 aliphatic rings. The first-order chi connectivity index (χ1) is 15.1. The van der Waals surface area contributed by atoms with Gasteiger partial charge in [-0.15, -0.1) is 0 Å². The molecule has 0 unspecified atom stereocenters. The lowest BCUT2D eigenvalue weighted by Crippen LogP contribution is -2.28. The fourth-order valence-corrected chi connectivity index (χ4v) is 4.26. The lowest BCUT2D eigenvalue weighted by atomic mass is 9.94. The summed E-state index contributed by atoms with van der Waals surface area (Å²) in [6, 6.07) is 14.2. The van der Waals surface area contributed by atoms with E-state index in [0.29, 0.717) is 33.6 Å². The maximum Gasteiger partial charge on any atom is 0.255 e. The van der Waals surface area contributed by atoms with Gasteiger partial charge in [-0.3, -0.25) is 9.59 Å². The van der Waals surface area contributed by atoms with Crippen molar-refractivity contribution in [3.05, 3.63) is 70.1 Å². The predicted molar refractivity (Wildman–Crippen MR) is 119 cm³/mol. The van der Waals surface area contributed by atoms with Crippen molar-refractivity contribution in [3.63, 3.8) is 0 Å². The first kappa shape index (κ1) is 19.3. The summed E-state index contributed by atoms with van der Waals surface area (Å²) < 4.78 is 7.04. The molecule has 1 saturated heterocycles. The van der Waals surface area contributed by atoms with E-state index in [0.717, 1.165) is 31.6 Å². The first-order valence-corrected chi connectivity index (χ1v) is 10.3. The Morgan fingerprint density at radius 1 is 1.16 bits per heavy atom. The molecule has 1 aliphatic heterocycles. The Morgan fingerprint density at radius 3 is 2.77 bits per heavy atom. The van der Waals surface area contributed by atoms with Crippen LogP contribution in [0.4, 0.5) is 5.69 Å². The van der Waals surface area contributed by atoms with Gasteiger partial charge >= 0.3 is 0 Å². The van der Waals surface area contributed by atoms with E-state index in [-0.39, 0.29) is 17.4 Å².